The highest BCUT2D eigenvalue weighted by molar-refractivity contribution is 6.23. The van der Waals surface area contributed by atoms with Crippen LogP contribution < -0.4 is 20.7 Å². The third-order valence-electron chi connectivity index (χ3n) is 5.07. The van der Waals surface area contributed by atoms with Crippen LogP contribution in [0.25, 0.3) is 0 Å². The summed E-state index contributed by atoms with van der Waals surface area (Å²) in [6, 6.07) is 3.21. The van der Waals surface area contributed by atoms with Crippen LogP contribution >= 0.6 is 0 Å². The van der Waals surface area contributed by atoms with Crippen LogP contribution in [0.4, 0.5) is 0 Å². The van der Waals surface area contributed by atoms with Gasteiger partial charge in [-0.15, -0.1) is 0 Å². The lowest BCUT2D eigenvalue weighted by Crippen LogP contribution is -2.40. The number of nitrogens with one attached hydrogen (secondary N) is 3. The average Bonchev–Trinajstić information content (AvgIpc) is 2.91. The monoisotopic (exact) mass is 357 g/mol. The Morgan fingerprint density at radius 3 is 2.42 bits per heavy atom. The molecule has 0 aromatic heterocycles. The average molecular weight is 357 g/mol. The summed E-state index contributed by atoms with van der Waals surface area (Å²) in [5, 5.41) is 7.84. The van der Waals surface area contributed by atoms with Gasteiger partial charge in [0.2, 0.25) is 11.8 Å². The third kappa shape index (κ3) is 2.86. The van der Waals surface area contributed by atoms with E-state index < -0.39 is 23.6 Å². The minimum Gasteiger partial charge on any atom is -0.490 e. The van der Waals surface area contributed by atoms with Gasteiger partial charge >= 0.3 is 0 Å². The molecule has 1 unspecified atom stereocenters. The van der Waals surface area contributed by atoms with Crippen molar-refractivity contribution in [2.45, 2.75) is 37.7 Å². The topological polar surface area (TPSA) is 114 Å². The second kappa shape index (κ2) is 6.53. The van der Waals surface area contributed by atoms with Gasteiger partial charge in [-0.3, -0.25) is 29.8 Å². The Kier molecular flexibility index (Phi) is 4.20. The highest BCUT2D eigenvalue weighted by atomic mass is 16.5. The number of amides is 4. The van der Waals surface area contributed by atoms with E-state index in [9.17, 15) is 19.2 Å². The lowest BCUT2D eigenvalue weighted by molar-refractivity contribution is -0.134. The molecule has 0 saturated carbocycles. The second-order valence-electron chi connectivity index (χ2n) is 6.75. The van der Waals surface area contributed by atoms with Gasteiger partial charge in [-0.2, -0.15) is 0 Å². The lowest BCUT2D eigenvalue weighted by Gasteiger charge is -2.28. The van der Waals surface area contributed by atoms with E-state index in [4.69, 9.17) is 4.74 Å². The predicted molar refractivity (Wildman–Crippen MR) is 89.9 cm³/mol. The van der Waals surface area contributed by atoms with Crippen molar-refractivity contribution in [1.82, 2.24) is 16.0 Å². The molecular formula is C18H19N3O5. The summed E-state index contributed by atoms with van der Waals surface area (Å²) in [7, 11) is 0. The fourth-order valence-corrected chi connectivity index (χ4v) is 3.78. The van der Waals surface area contributed by atoms with E-state index in [0.29, 0.717) is 11.3 Å². The van der Waals surface area contributed by atoms with Crippen molar-refractivity contribution in [1.29, 1.82) is 0 Å². The minimum absolute atomic E-state index is 0.0264. The summed E-state index contributed by atoms with van der Waals surface area (Å²) < 4.78 is 6.13. The largest absolute Gasteiger partial charge is 0.490 e. The molecule has 3 aliphatic heterocycles. The van der Waals surface area contributed by atoms with Crippen LogP contribution in [-0.4, -0.2) is 42.8 Å². The number of benzene rings is 1. The van der Waals surface area contributed by atoms with Gasteiger partial charge in [-0.25, -0.2) is 0 Å². The molecule has 0 radical (unpaired) electrons. The Morgan fingerprint density at radius 1 is 0.923 bits per heavy atom. The predicted octanol–water partition coefficient (Wildman–Crippen LogP) is 0.221. The molecule has 8 nitrogen and oxygen atoms in total. The van der Waals surface area contributed by atoms with Gasteiger partial charge in [0.1, 0.15) is 11.9 Å². The molecule has 8 heteroatoms. The number of imide groups is 2. The minimum atomic E-state index is -0.698. The van der Waals surface area contributed by atoms with Crippen LogP contribution in [0.3, 0.4) is 0 Å². The molecule has 2 fully saturated rings. The van der Waals surface area contributed by atoms with Crippen LogP contribution in [0.5, 0.6) is 5.75 Å². The van der Waals surface area contributed by atoms with E-state index in [0.717, 1.165) is 25.9 Å². The molecule has 0 aliphatic carbocycles. The first kappa shape index (κ1) is 16.7. The van der Waals surface area contributed by atoms with Crippen molar-refractivity contribution >= 4 is 23.6 Å². The molecule has 4 rings (SSSR count). The number of piperidine rings is 2. The van der Waals surface area contributed by atoms with Gasteiger partial charge < -0.3 is 10.1 Å². The number of rotatable bonds is 3. The van der Waals surface area contributed by atoms with E-state index >= 15 is 0 Å². The first-order chi connectivity index (χ1) is 12.5. The van der Waals surface area contributed by atoms with E-state index in [-0.39, 0.29) is 36.0 Å². The van der Waals surface area contributed by atoms with E-state index in [1.54, 1.807) is 12.1 Å². The fourth-order valence-electron chi connectivity index (χ4n) is 3.78. The van der Waals surface area contributed by atoms with Crippen LogP contribution in [-0.2, 0) is 9.59 Å². The highest BCUT2D eigenvalue weighted by Crippen LogP contribution is 2.39. The molecule has 1 aromatic carbocycles. The summed E-state index contributed by atoms with van der Waals surface area (Å²) in [5.41, 5.74) is 0.845. The number of carbonyl (C=O) groups excluding carboxylic acids is 4. The Morgan fingerprint density at radius 2 is 1.69 bits per heavy atom. The van der Waals surface area contributed by atoms with Gasteiger partial charge in [-0.05, 0) is 44.5 Å². The number of carbonyl (C=O) groups is 4. The van der Waals surface area contributed by atoms with Gasteiger partial charge in [0.25, 0.3) is 11.8 Å². The summed E-state index contributed by atoms with van der Waals surface area (Å²) >= 11 is 0. The summed E-state index contributed by atoms with van der Waals surface area (Å²) in [6.45, 7) is 1.67. The van der Waals surface area contributed by atoms with E-state index in [1.807, 2.05) is 0 Å². The van der Waals surface area contributed by atoms with Crippen molar-refractivity contribution in [3.8, 4) is 5.75 Å². The van der Waals surface area contributed by atoms with Gasteiger partial charge in [-0.1, -0.05) is 0 Å². The van der Waals surface area contributed by atoms with Crippen LogP contribution in [0.1, 0.15) is 57.9 Å². The molecule has 0 bridgehead atoms. The molecule has 2 saturated heterocycles. The maximum atomic E-state index is 12.4. The molecule has 3 heterocycles. The van der Waals surface area contributed by atoms with Gasteiger partial charge in [0, 0.05) is 12.0 Å². The normalized spacial score (nSPS) is 23.5. The first-order valence-electron chi connectivity index (χ1n) is 8.78. The van der Waals surface area contributed by atoms with Crippen molar-refractivity contribution < 1.29 is 23.9 Å². The summed E-state index contributed by atoms with van der Waals surface area (Å²) in [5.74, 6) is -2.06. The zero-order chi connectivity index (χ0) is 18.3. The Labute approximate surface area is 149 Å². The smallest absolute Gasteiger partial charge is 0.259 e. The maximum Gasteiger partial charge on any atom is 0.259 e. The molecule has 3 aliphatic rings. The van der Waals surface area contributed by atoms with Crippen molar-refractivity contribution in [2.75, 3.05) is 13.1 Å². The van der Waals surface area contributed by atoms with Gasteiger partial charge in [0.05, 0.1) is 17.0 Å². The lowest BCUT2D eigenvalue weighted by atomic mass is 9.85. The number of hydrogen-bond acceptors (Lipinski definition) is 6. The maximum absolute atomic E-state index is 12.4. The SMILES string of the molecule is O=C1CCC(c2c(OC3CCNCC3)ccc3c2C(=O)NC3=O)C(=O)N1. The molecule has 136 valence electrons. The quantitative estimate of drug-likeness (QED) is 0.667. The number of hydrogen-bond donors (Lipinski definition) is 3. The van der Waals surface area contributed by atoms with Gasteiger partial charge in [0.15, 0.2) is 0 Å². The molecule has 0 spiro atoms. The van der Waals surface area contributed by atoms with Crippen LogP contribution in [0.2, 0.25) is 0 Å². The number of fused-ring (bicyclic) bond motifs is 1. The van der Waals surface area contributed by atoms with Crippen LogP contribution in [0.15, 0.2) is 12.1 Å². The fraction of sp³-hybridized carbons (Fsp3) is 0.444. The molecule has 4 amide bonds. The van der Waals surface area contributed by atoms with Crippen molar-refractivity contribution in [3.05, 3.63) is 28.8 Å². The summed E-state index contributed by atoms with van der Waals surface area (Å²) in [4.78, 5) is 48.3. The zero-order valence-electron chi connectivity index (χ0n) is 14.1. The number of ether oxygens (including phenoxy) is 1. The third-order valence-corrected chi connectivity index (χ3v) is 5.07. The zero-order valence-corrected chi connectivity index (χ0v) is 14.1. The van der Waals surface area contributed by atoms with Crippen molar-refractivity contribution in [2.24, 2.45) is 0 Å². The second-order valence-corrected chi connectivity index (χ2v) is 6.75. The first-order valence-corrected chi connectivity index (χ1v) is 8.78. The standard InChI is InChI=1S/C18H19N3O5/c22-13-4-2-10(16(23)20-13)14-12(26-9-5-7-19-8-6-9)3-1-11-15(14)18(25)21-17(11)24/h1,3,9-10,19H,2,4-8H2,(H,20,22,23)(H,21,24,25). The Bertz CT molecular complexity index is 813. The molecule has 1 atom stereocenters. The Hall–Kier alpha value is -2.74. The molecule has 1 aromatic rings. The van der Waals surface area contributed by atoms with E-state index in [1.165, 1.54) is 0 Å². The van der Waals surface area contributed by atoms with E-state index in [2.05, 4.69) is 16.0 Å². The Balaban J connectivity index is 1.77. The molecular weight excluding hydrogens is 338 g/mol. The highest BCUT2D eigenvalue weighted by Gasteiger charge is 2.39. The summed E-state index contributed by atoms with van der Waals surface area (Å²) in [6.07, 6.45) is 2.07. The van der Waals surface area contributed by atoms with Crippen molar-refractivity contribution in [3.63, 3.8) is 0 Å². The van der Waals surface area contributed by atoms with Crippen LogP contribution in [0, 0.1) is 0 Å². The molecule has 26 heavy (non-hydrogen) atoms. The molecule has 3 N–H and O–H groups in total.